The molecule has 0 saturated heterocycles. The van der Waals surface area contributed by atoms with Crippen molar-refractivity contribution in [2.75, 3.05) is 13.2 Å². The Labute approximate surface area is 432 Å². The topological polar surface area (TPSA) is 78.9 Å². The van der Waals surface area contributed by atoms with Gasteiger partial charge in [-0.15, -0.1) is 0 Å². The molecule has 0 rings (SSSR count). The van der Waals surface area contributed by atoms with Crippen molar-refractivity contribution in [1.29, 1.82) is 0 Å². The van der Waals surface area contributed by atoms with E-state index in [-0.39, 0.29) is 31.1 Å². The van der Waals surface area contributed by atoms with Gasteiger partial charge in [0, 0.05) is 19.3 Å². The highest BCUT2D eigenvalue weighted by molar-refractivity contribution is 5.71. The SMILES string of the molecule is CCCCC\C=C/C=C\C=C/C=C\CCCCCCCC(=O)OCC(COC(=O)CCCCCCCCCCCCCCCCCC)OC(=O)CCCCCCC\C=C/C=C\C=C/C=C\CCCCC. The van der Waals surface area contributed by atoms with Crippen LogP contribution in [-0.2, 0) is 28.6 Å². The molecular weight excluding hydrogens is 865 g/mol. The molecule has 0 amide bonds. The highest BCUT2D eigenvalue weighted by Gasteiger charge is 2.19. The summed E-state index contributed by atoms with van der Waals surface area (Å²) in [4.78, 5) is 38.2. The van der Waals surface area contributed by atoms with E-state index in [0.29, 0.717) is 19.3 Å². The number of carbonyl (C=O) groups is 3. The van der Waals surface area contributed by atoms with Gasteiger partial charge in [0.25, 0.3) is 0 Å². The fourth-order valence-electron chi connectivity index (χ4n) is 8.05. The lowest BCUT2D eigenvalue weighted by molar-refractivity contribution is -0.167. The third-order valence-corrected chi connectivity index (χ3v) is 12.5. The molecule has 0 fully saturated rings. The normalized spacial score (nSPS) is 12.8. The Balaban J connectivity index is 4.49. The van der Waals surface area contributed by atoms with Gasteiger partial charge in [0.2, 0.25) is 0 Å². The summed E-state index contributed by atoms with van der Waals surface area (Å²) in [5.74, 6) is -0.934. The van der Waals surface area contributed by atoms with Crippen molar-refractivity contribution >= 4 is 17.9 Å². The molecule has 0 aromatic rings. The molecule has 6 nitrogen and oxygen atoms in total. The van der Waals surface area contributed by atoms with Crippen molar-refractivity contribution in [3.63, 3.8) is 0 Å². The molecule has 70 heavy (non-hydrogen) atoms. The first-order valence-corrected chi connectivity index (χ1v) is 29.3. The number of carbonyl (C=O) groups excluding carboxylic acids is 3. The van der Waals surface area contributed by atoms with E-state index in [1.54, 1.807) is 0 Å². The lowest BCUT2D eigenvalue weighted by Gasteiger charge is -2.18. The Kier molecular flexibility index (Phi) is 54.9. The molecule has 400 valence electrons. The summed E-state index contributed by atoms with van der Waals surface area (Å²) >= 11 is 0. The lowest BCUT2D eigenvalue weighted by atomic mass is 10.0. The first-order valence-electron chi connectivity index (χ1n) is 29.3. The minimum absolute atomic E-state index is 0.0939. The van der Waals surface area contributed by atoms with Gasteiger partial charge in [-0.05, 0) is 70.6 Å². The summed E-state index contributed by atoms with van der Waals surface area (Å²) in [6.07, 6.45) is 76.7. The van der Waals surface area contributed by atoms with E-state index in [2.05, 4.69) is 118 Å². The van der Waals surface area contributed by atoms with Gasteiger partial charge in [0.15, 0.2) is 6.10 Å². The van der Waals surface area contributed by atoms with Gasteiger partial charge in [-0.2, -0.15) is 0 Å². The third-order valence-electron chi connectivity index (χ3n) is 12.5. The maximum atomic E-state index is 12.9. The lowest BCUT2D eigenvalue weighted by Crippen LogP contribution is -2.30. The molecular formula is C64H108O6. The van der Waals surface area contributed by atoms with Crippen LogP contribution in [-0.4, -0.2) is 37.2 Å². The molecule has 0 heterocycles. The van der Waals surface area contributed by atoms with Crippen molar-refractivity contribution in [2.24, 2.45) is 0 Å². The number of rotatable bonds is 52. The first kappa shape index (κ1) is 66.3. The molecule has 0 aliphatic rings. The minimum Gasteiger partial charge on any atom is -0.462 e. The molecule has 0 bridgehead atoms. The number of ether oxygens (including phenoxy) is 3. The maximum absolute atomic E-state index is 12.9. The molecule has 0 aliphatic heterocycles. The largest absolute Gasteiger partial charge is 0.462 e. The zero-order valence-electron chi connectivity index (χ0n) is 45.8. The predicted molar refractivity (Wildman–Crippen MR) is 302 cm³/mol. The second-order valence-electron chi connectivity index (χ2n) is 19.4. The van der Waals surface area contributed by atoms with E-state index >= 15 is 0 Å². The van der Waals surface area contributed by atoms with E-state index in [1.165, 1.54) is 122 Å². The molecule has 0 radical (unpaired) electrons. The van der Waals surface area contributed by atoms with Crippen molar-refractivity contribution in [3.8, 4) is 0 Å². The van der Waals surface area contributed by atoms with Crippen LogP contribution in [0.3, 0.4) is 0 Å². The summed E-state index contributed by atoms with van der Waals surface area (Å²) in [6.45, 7) is 6.54. The van der Waals surface area contributed by atoms with Crippen LogP contribution < -0.4 is 0 Å². The molecule has 6 heteroatoms. The molecule has 0 aliphatic carbocycles. The third kappa shape index (κ3) is 55.3. The summed E-state index contributed by atoms with van der Waals surface area (Å²) in [5.41, 5.74) is 0. The summed E-state index contributed by atoms with van der Waals surface area (Å²) < 4.78 is 16.9. The molecule has 0 saturated carbocycles. The van der Waals surface area contributed by atoms with Crippen LogP contribution in [0.4, 0.5) is 0 Å². The number of hydrogen-bond acceptors (Lipinski definition) is 6. The van der Waals surface area contributed by atoms with Crippen LogP contribution in [0.2, 0.25) is 0 Å². The molecule has 0 aromatic heterocycles. The Morgan fingerprint density at radius 3 is 0.829 bits per heavy atom. The second-order valence-corrected chi connectivity index (χ2v) is 19.4. The van der Waals surface area contributed by atoms with Gasteiger partial charge in [-0.1, -0.05) is 279 Å². The van der Waals surface area contributed by atoms with Gasteiger partial charge in [-0.25, -0.2) is 0 Å². The Bertz CT molecular complexity index is 1400. The zero-order chi connectivity index (χ0) is 50.7. The van der Waals surface area contributed by atoms with E-state index in [0.717, 1.165) is 109 Å². The Morgan fingerprint density at radius 2 is 0.514 bits per heavy atom. The van der Waals surface area contributed by atoms with Crippen LogP contribution in [0.5, 0.6) is 0 Å². The van der Waals surface area contributed by atoms with E-state index < -0.39 is 6.10 Å². The molecule has 0 spiro atoms. The van der Waals surface area contributed by atoms with Gasteiger partial charge in [0.05, 0.1) is 0 Å². The number of allylic oxidation sites excluding steroid dienone is 16. The monoisotopic (exact) mass is 973 g/mol. The zero-order valence-corrected chi connectivity index (χ0v) is 45.8. The standard InChI is InChI=1S/C64H108O6/c1-4-7-10-13-16-19-22-25-28-31-33-36-39-42-45-48-51-54-57-63(66)69-60-61(59-68-62(65)56-53-50-47-44-41-38-35-30-27-24-21-18-15-12-9-6-3)70-64(67)58-55-52-49-46-43-40-37-34-32-29-26-23-20-17-14-11-8-5-2/h16-17,19-20,22-23,25-26,28-29,31-34,36-37,61H,4-15,18,21,24,27,30,35,38-60H2,1-3H3/b19-16-,20-17-,25-22-,26-23-,31-28-,32-29-,36-33-,37-34-. The molecule has 1 atom stereocenters. The summed E-state index contributed by atoms with van der Waals surface area (Å²) in [5, 5.41) is 0. The maximum Gasteiger partial charge on any atom is 0.306 e. The average molecular weight is 974 g/mol. The van der Waals surface area contributed by atoms with Crippen molar-refractivity contribution in [1.82, 2.24) is 0 Å². The van der Waals surface area contributed by atoms with E-state index in [9.17, 15) is 14.4 Å². The average Bonchev–Trinajstić information content (AvgIpc) is 3.36. The fraction of sp³-hybridized carbons (Fsp3) is 0.703. The van der Waals surface area contributed by atoms with Crippen LogP contribution in [0.25, 0.3) is 0 Å². The van der Waals surface area contributed by atoms with Crippen LogP contribution >= 0.6 is 0 Å². The first-order chi connectivity index (χ1) is 34.5. The predicted octanol–water partition coefficient (Wildman–Crippen LogP) is 19.7. The Hall–Kier alpha value is -3.67. The second kappa shape index (κ2) is 57.9. The Morgan fingerprint density at radius 1 is 0.286 bits per heavy atom. The highest BCUT2D eigenvalue weighted by atomic mass is 16.6. The molecule has 0 aromatic carbocycles. The molecule has 1 unspecified atom stereocenters. The van der Waals surface area contributed by atoms with Gasteiger partial charge < -0.3 is 14.2 Å². The van der Waals surface area contributed by atoms with Gasteiger partial charge in [0.1, 0.15) is 13.2 Å². The van der Waals surface area contributed by atoms with Gasteiger partial charge >= 0.3 is 17.9 Å². The molecule has 0 N–H and O–H groups in total. The van der Waals surface area contributed by atoms with Crippen LogP contribution in [0.15, 0.2) is 97.2 Å². The van der Waals surface area contributed by atoms with Gasteiger partial charge in [-0.3, -0.25) is 14.4 Å². The van der Waals surface area contributed by atoms with Crippen molar-refractivity contribution in [2.45, 2.75) is 277 Å². The van der Waals surface area contributed by atoms with Crippen LogP contribution in [0, 0.1) is 0 Å². The number of hydrogen-bond donors (Lipinski definition) is 0. The smallest absolute Gasteiger partial charge is 0.306 e. The van der Waals surface area contributed by atoms with Crippen molar-refractivity contribution < 1.29 is 28.6 Å². The summed E-state index contributed by atoms with van der Waals surface area (Å²) in [7, 11) is 0. The quantitative estimate of drug-likeness (QED) is 0.0262. The van der Waals surface area contributed by atoms with E-state index in [1.807, 2.05) is 0 Å². The van der Waals surface area contributed by atoms with E-state index in [4.69, 9.17) is 14.2 Å². The highest BCUT2D eigenvalue weighted by Crippen LogP contribution is 2.16. The number of esters is 3. The number of unbranched alkanes of at least 4 members (excludes halogenated alkanes) is 31. The van der Waals surface area contributed by atoms with Crippen molar-refractivity contribution in [3.05, 3.63) is 97.2 Å². The fourth-order valence-corrected chi connectivity index (χ4v) is 8.05. The summed E-state index contributed by atoms with van der Waals surface area (Å²) in [6, 6.07) is 0. The van der Waals surface area contributed by atoms with Crippen LogP contribution in [0.1, 0.15) is 271 Å². The minimum atomic E-state index is -0.800.